The van der Waals surface area contributed by atoms with Crippen molar-refractivity contribution in [2.24, 2.45) is 0 Å². The van der Waals surface area contributed by atoms with Gasteiger partial charge in [0.1, 0.15) is 11.5 Å². The standard InChI is InChI=1S/C53H36N2O/c1-4-17-38(18-5-1)44-25-10-11-26-45(44)49-36-48(39-19-6-2-7-20-39)54-52(55-49)41-22-16-21-40(35-41)37-31-33-43(34-32-37)53(42-23-8-3-9-24-42)46-27-12-14-29-50(46)56-51-30-15-13-28-47(51)53/h1-36H. The van der Waals surface area contributed by atoms with E-state index in [0.29, 0.717) is 5.82 Å². The third kappa shape index (κ3) is 5.78. The van der Waals surface area contributed by atoms with Crippen LogP contribution < -0.4 is 4.74 Å². The van der Waals surface area contributed by atoms with Crippen LogP contribution in [0.1, 0.15) is 22.3 Å². The van der Waals surface area contributed by atoms with Crippen LogP contribution >= 0.6 is 0 Å². The van der Waals surface area contributed by atoms with Gasteiger partial charge in [0.05, 0.1) is 16.8 Å². The maximum Gasteiger partial charge on any atom is 0.160 e. The van der Waals surface area contributed by atoms with Gasteiger partial charge in [0, 0.05) is 27.8 Å². The van der Waals surface area contributed by atoms with Crippen molar-refractivity contribution >= 4 is 0 Å². The third-order valence-corrected chi connectivity index (χ3v) is 10.9. The Bertz CT molecular complexity index is 2770. The first-order valence-corrected chi connectivity index (χ1v) is 19.0. The Hall–Kier alpha value is -7.36. The summed E-state index contributed by atoms with van der Waals surface area (Å²) in [6, 6.07) is 76.7. The Balaban J connectivity index is 1.09. The molecule has 0 fully saturated rings. The van der Waals surface area contributed by atoms with E-state index in [1.807, 2.05) is 24.3 Å². The lowest BCUT2D eigenvalue weighted by Crippen LogP contribution is -2.34. The highest BCUT2D eigenvalue weighted by atomic mass is 16.5. The van der Waals surface area contributed by atoms with E-state index < -0.39 is 5.41 Å². The van der Waals surface area contributed by atoms with E-state index in [0.717, 1.165) is 73.0 Å². The molecule has 0 amide bonds. The van der Waals surface area contributed by atoms with Gasteiger partial charge in [-0.25, -0.2) is 9.97 Å². The molecule has 0 saturated heterocycles. The molecule has 3 nitrogen and oxygen atoms in total. The van der Waals surface area contributed by atoms with Crippen LogP contribution in [0.5, 0.6) is 11.5 Å². The lowest BCUT2D eigenvalue weighted by atomic mass is 9.63. The molecule has 1 aromatic heterocycles. The molecule has 10 rings (SSSR count). The molecule has 56 heavy (non-hydrogen) atoms. The van der Waals surface area contributed by atoms with Crippen LogP contribution in [0.25, 0.3) is 56.2 Å². The second kappa shape index (κ2) is 14.1. The number of fused-ring (bicyclic) bond motifs is 2. The van der Waals surface area contributed by atoms with Crippen molar-refractivity contribution in [2.45, 2.75) is 5.41 Å². The van der Waals surface area contributed by atoms with Gasteiger partial charge in [-0.2, -0.15) is 0 Å². The Labute approximate surface area is 327 Å². The number of aromatic nitrogens is 2. The second-order valence-corrected chi connectivity index (χ2v) is 14.1. The summed E-state index contributed by atoms with van der Waals surface area (Å²) in [7, 11) is 0. The molecule has 0 radical (unpaired) electrons. The van der Waals surface area contributed by atoms with Crippen molar-refractivity contribution in [2.75, 3.05) is 0 Å². The van der Waals surface area contributed by atoms with E-state index in [1.54, 1.807) is 0 Å². The zero-order chi connectivity index (χ0) is 37.3. The molecule has 0 aliphatic carbocycles. The maximum atomic E-state index is 6.51. The zero-order valence-corrected chi connectivity index (χ0v) is 30.6. The molecule has 1 aliphatic rings. The molecule has 0 saturated carbocycles. The molecule has 0 atom stereocenters. The van der Waals surface area contributed by atoms with Crippen molar-refractivity contribution in [3.05, 3.63) is 241 Å². The summed E-state index contributed by atoms with van der Waals surface area (Å²) in [5.41, 5.74) is 13.4. The minimum atomic E-state index is -0.564. The molecular weight excluding hydrogens is 681 g/mol. The average molecular weight is 717 g/mol. The number of rotatable bonds is 7. The molecule has 2 heterocycles. The monoisotopic (exact) mass is 716 g/mol. The van der Waals surface area contributed by atoms with Crippen LogP contribution in [-0.4, -0.2) is 9.97 Å². The van der Waals surface area contributed by atoms with Crippen LogP contribution in [0.15, 0.2) is 218 Å². The summed E-state index contributed by atoms with van der Waals surface area (Å²) in [5.74, 6) is 2.42. The van der Waals surface area contributed by atoms with Crippen LogP contribution in [0, 0.1) is 0 Å². The van der Waals surface area contributed by atoms with Gasteiger partial charge in [0.25, 0.3) is 0 Å². The molecule has 9 aromatic rings. The van der Waals surface area contributed by atoms with Crippen molar-refractivity contribution in [3.63, 3.8) is 0 Å². The smallest absolute Gasteiger partial charge is 0.160 e. The highest BCUT2D eigenvalue weighted by Crippen LogP contribution is 2.55. The summed E-state index contributed by atoms with van der Waals surface area (Å²) in [4.78, 5) is 10.4. The van der Waals surface area contributed by atoms with Crippen LogP contribution in [0.3, 0.4) is 0 Å². The first-order valence-electron chi connectivity index (χ1n) is 19.0. The maximum absolute atomic E-state index is 6.51. The Morgan fingerprint density at radius 3 is 1.50 bits per heavy atom. The highest BCUT2D eigenvalue weighted by Gasteiger charge is 2.45. The van der Waals surface area contributed by atoms with Crippen molar-refractivity contribution < 1.29 is 4.74 Å². The van der Waals surface area contributed by atoms with E-state index >= 15 is 0 Å². The molecule has 0 spiro atoms. The summed E-state index contributed by atoms with van der Waals surface area (Å²) in [5, 5.41) is 0. The van der Waals surface area contributed by atoms with E-state index in [2.05, 4.69) is 194 Å². The fraction of sp³-hybridized carbons (Fsp3) is 0.0189. The van der Waals surface area contributed by atoms with Crippen molar-refractivity contribution in [1.82, 2.24) is 9.97 Å². The minimum Gasteiger partial charge on any atom is -0.457 e. The van der Waals surface area contributed by atoms with Gasteiger partial charge in [-0.3, -0.25) is 0 Å². The average Bonchev–Trinajstić information content (AvgIpc) is 3.29. The molecule has 0 N–H and O–H groups in total. The second-order valence-electron chi connectivity index (χ2n) is 14.1. The highest BCUT2D eigenvalue weighted by molar-refractivity contribution is 5.84. The predicted molar refractivity (Wildman–Crippen MR) is 228 cm³/mol. The summed E-state index contributed by atoms with van der Waals surface area (Å²) >= 11 is 0. The number of hydrogen-bond donors (Lipinski definition) is 0. The Morgan fingerprint density at radius 1 is 0.321 bits per heavy atom. The molecule has 3 heteroatoms. The van der Waals surface area contributed by atoms with Crippen LogP contribution in [0.4, 0.5) is 0 Å². The largest absolute Gasteiger partial charge is 0.457 e. The molecule has 0 bridgehead atoms. The van der Waals surface area contributed by atoms with Gasteiger partial charge >= 0.3 is 0 Å². The van der Waals surface area contributed by atoms with Gasteiger partial charge in [0.2, 0.25) is 0 Å². The van der Waals surface area contributed by atoms with Gasteiger partial charge in [-0.05, 0) is 57.6 Å². The zero-order valence-electron chi connectivity index (χ0n) is 30.6. The number of hydrogen-bond acceptors (Lipinski definition) is 3. The van der Waals surface area contributed by atoms with Crippen LogP contribution in [-0.2, 0) is 5.41 Å². The molecule has 8 aromatic carbocycles. The quantitative estimate of drug-likeness (QED) is 0.165. The first kappa shape index (κ1) is 33.2. The number of nitrogens with zero attached hydrogens (tertiary/aromatic N) is 2. The van der Waals surface area contributed by atoms with Gasteiger partial charge in [0.15, 0.2) is 5.82 Å². The van der Waals surface area contributed by atoms with Crippen molar-refractivity contribution in [1.29, 1.82) is 0 Å². The number of ether oxygens (including phenoxy) is 1. The van der Waals surface area contributed by atoms with E-state index in [9.17, 15) is 0 Å². The van der Waals surface area contributed by atoms with Gasteiger partial charge < -0.3 is 4.74 Å². The van der Waals surface area contributed by atoms with Crippen molar-refractivity contribution in [3.8, 4) is 67.7 Å². The normalized spacial score (nSPS) is 12.6. The Morgan fingerprint density at radius 2 is 0.821 bits per heavy atom. The van der Waals surface area contributed by atoms with E-state index in [-0.39, 0.29) is 0 Å². The van der Waals surface area contributed by atoms with Gasteiger partial charge in [-0.1, -0.05) is 194 Å². The topological polar surface area (TPSA) is 35.0 Å². The SMILES string of the molecule is c1ccc(-c2cc(-c3ccccc3-c3ccccc3)nc(-c3cccc(-c4ccc(C5(c6ccccc6)c6ccccc6Oc6ccccc65)cc4)c3)n2)cc1. The fourth-order valence-corrected chi connectivity index (χ4v) is 8.27. The lowest BCUT2D eigenvalue weighted by Gasteiger charge is -2.41. The third-order valence-electron chi connectivity index (χ3n) is 10.9. The minimum absolute atomic E-state index is 0.564. The summed E-state index contributed by atoms with van der Waals surface area (Å²) in [6.45, 7) is 0. The summed E-state index contributed by atoms with van der Waals surface area (Å²) < 4.78 is 6.51. The van der Waals surface area contributed by atoms with Gasteiger partial charge in [-0.15, -0.1) is 0 Å². The Kier molecular flexibility index (Phi) is 8.38. The fourth-order valence-electron chi connectivity index (χ4n) is 8.27. The first-order chi connectivity index (χ1) is 27.8. The number of para-hydroxylation sites is 2. The molecular formula is C53H36N2O. The van der Waals surface area contributed by atoms with Crippen LogP contribution in [0.2, 0.25) is 0 Å². The summed E-state index contributed by atoms with van der Waals surface area (Å²) in [6.07, 6.45) is 0. The van der Waals surface area contributed by atoms with E-state index in [1.165, 1.54) is 11.1 Å². The predicted octanol–water partition coefficient (Wildman–Crippen LogP) is 13.3. The van der Waals surface area contributed by atoms with E-state index in [4.69, 9.17) is 14.7 Å². The molecule has 264 valence electrons. The number of benzene rings is 8. The molecule has 0 unspecified atom stereocenters. The molecule has 1 aliphatic heterocycles. The lowest BCUT2D eigenvalue weighted by molar-refractivity contribution is 0.434.